The Hall–Kier alpha value is -1.54. The van der Waals surface area contributed by atoms with Crippen molar-refractivity contribution in [1.82, 2.24) is 0 Å². The third-order valence-corrected chi connectivity index (χ3v) is 4.29. The third-order valence-electron chi connectivity index (χ3n) is 4.29. The summed E-state index contributed by atoms with van der Waals surface area (Å²) >= 11 is 0. The van der Waals surface area contributed by atoms with Crippen LogP contribution in [0.2, 0.25) is 0 Å². The van der Waals surface area contributed by atoms with E-state index in [1.54, 1.807) is 0 Å². The lowest BCUT2D eigenvalue weighted by atomic mass is 9.75. The lowest BCUT2D eigenvalue weighted by molar-refractivity contribution is -0.144. The van der Waals surface area contributed by atoms with Gasteiger partial charge in [-0.2, -0.15) is 0 Å². The molecule has 1 aromatic carbocycles. The smallest absolute Gasteiger partial charge is 0.310 e. The molecule has 0 heterocycles. The highest BCUT2D eigenvalue weighted by molar-refractivity contribution is 7.00. The summed E-state index contributed by atoms with van der Waals surface area (Å²) in [4.78, 5) is 24.7. The zero-order chi connectivity index (χ0) is 19.0. The van der Waals surface area contributed by atoms with Gasteiger partial charge in [0.25, 0.3) is 0 Å². The molecule has 0 saturated carbocycles. The first-order valence-corrected chi connectivity index (χ1v) is 8.76. The molecule has 1 N–H and O–H groups in total. The summed E-state index contributed by atoms with van der Waals surface area (Å²) in [6, 6.07) is 3.99. The third kappa shape index (κ3) is 5.52. The highest BCUT2D eigenvalue weighted by Gasteiger charge is 2.36. The summed E-state index contributed by atoms with van der Waals surface area (Å²) in [7, 11) is 1.17. The first-order chi connectivity index (χ1) is 11.2. The number of carboxylic acids is 1. The van der Waals surface area contributed by atoms with Crippen LogP contribution < -0.4 is 0 Å². The molecule has 0 aromatic heterocycles. The molecule has 1 rings (SSSR count). The van der Waals surface area contributed by atoms with Gasteiger partial charge in [-0.1, -0.05) is 49.5 Å². The maximum absolute atomic E-state index is 13.1. The minimum atomic E-state index is -0.865. The quantitative estimate of drug-likeness (QED) is 0.566. The Balaban J connectivity index is 0.00000254. The van der Waals surface area contributed by atoms with Crippen LogP contribution in [0.25, 0.3) is 0 Å². The monoisotopic (exact) mass is 353 g/mol. The maximum Gasteiger partial charge on any atom is 0.310 e. The van der Waals surface area contributed by atoms with Gasteiger partial charge in [0.05, 0.1) is 5.92 Å². The number of ketones is 1. The van der Waals surface area contributed by atoms with Gasteiger partial charge in [-0.15, -0.1) is 0 Å². The highest BCUT2D eigenvalue weighted by Crippen LogP contribution is 2.31. The molecule has 0 bridgehead atoms. The zero-order valence-electron chi connectivity index (χ0n) is 15.6. The lowest BCUT2D eigenvalue weighted by Crippen LogP contribution is -2.34. The molecule has 134 valence electrons. The molecule has 0 spiro atoms. The van der Waals surface area contributed by atoms with Crippen molar-refractivity contribution >= 4 is 20.9 Å². The standard InChI is InChI=1S/C19H28O3.H2OP/c1-7-8-15(19(21)22)16(11(2)3)18(20)17-13(5)9-12(4)10-14(17)6;1-2/h9-11,15-16H,7-8H2,1-6H3,(H,21,22);2H2/q;+1. The number of hydrogen-bond acceptors (Lipinski definition) is 3. The van der Waals surface area contributed by atoms with Gasteiger partial charge in [0.2, 0.25) is 0 Å². The summed E-state index contributed by atoms with van der Waals surface area (Å²) in [6.07, 6.45) is 1.30. The van der Waals surface area contributed by atoms with Crippen molar-refractivity contribution in [1.29, 1.82) is 0 Å². The Morgan fingerprint density at radius 1 is 1.08 bits per heavy atom. The second-order valence-electron chi connectivity index (χ2n) is 6.64. The van der Waals surface area contributed by atoms with Crippen molar-refractivity contribution < 1.29 is 19.3 Å². The molecule has 0 saturated heterocycles. The maximum atomic E-state index is 13.1. The molecule has 4 nitrogen and oxygen atoms in total. The van der Waals surface area contributed by atoms with Crippen LogP contribution in [-0.2, 0) is 9.36 Å². The summed E-state index contributed by atoms with van der Waals surface area (Å²) in [6.45, 7) is 11.7. The number of benzene rings is 1. The van der Waals surface area contributed by atoms with E-state index in [9.17, 15) is 14.7 Å². The van der Waals surface area contributed by atoms with Crippen LogP contribution in [-0.4, -0.2) is 16.9 Å². The number of rotatable bonds is 7. The molecule has 24 heavy (non-hydrogen) atoms. The molecule has 3 atom stereocenters. The van der Waals surface area contributed by atoms with Crippen molar-refractivity contribution in [2.24, 2.45) is 17.8 Å². The summed E-state index contributed by atoms with van der Waals surface area (Å²) in [5, 5.41) is 9.55. The van der Waals surface area contributed by atoms with Crippen LogP contribution in [0.5, 0.6) is 0 Å². The van der Waals surface area contributed by atoms with E-state index >= 15 is 0 Å². The van der Waals surface area contributed by atoms with E-state index in [0.29, 0.717) is 12.0 Å². The highest BCUT2D eigenvalue weighted by atomic mass is 31.0. The Labute approximate surface area is 147 Å². The van der Waals surface area contributed by atoms with E-state index in [4.69, 9.17) is 4.57 Å². The van der Waals surface area contributed by atoms with E-state index < -0.39 is 17.8 Å². The number of carboxylic acid groups (broad SMARTS) is 1. The Bertz CT molecular complexity index is 558. The van der Waals surface area contributed by atoms with E-state index in [0.717, 1.165) is 23.1 Å². The first-order valence-electron chi connectivity index (χ1n) is 8.29. The Kier molecular flexibility index (Phi) is 9.69. The molecule has 0 aliphatic carbocycles. The van der Waals surface area contributed by atoms with Crippen molar-refractivity contribution in [3.05, 3.63) is 34.4 Å². The fourth-order valence-corrected chi connectivity index (χ4v) is 3.45. The van der Waals surface area contributed by atoms with Gasteiger partial charge in [-0.05, 0) is 44.2 Å². The number of carbonyl (C=O) groups excluding carboxylic acids is 1. The molecule has 5 heteroatoms. The number of aliphatic carboxylic acids is 1. The van der Waals surface area contributed by atoms with Crippen molar-refractivity contribution in [2.75, 3.05) is 0 Å². The van der Waals surface area contributed by atoms with Gasteiger partial charge in [0.1, 0.15) is 0 Å². The number of aryl methyl sites for hydroxylation is 3. The lowest BCUT2D eigenvalue weighted by Gasteiger charge is -2.27. The molecule has 1 aromatic rings. The van der Waals surface area contributed by atoms with Gasteiger partial charge in [0.15, 0.2) is 5.78 Å². The molecule has 0 aliphatic heterocycles. The van der Waals surface area contributed by atoms with Gasteiger partial charge >= 0.3 is 15.1 Å². The minimum absolute atomic E-state index is 0.000234. The van der Waals surface area contributed by atoms with Crippen molar-refractivity contribution in [2.45, 2.75) is 54.4 Å². The fraction of sp³-hybridized carbons (Fsp3) is 0.579. The van der Waals surface area contributed by atoms with E-state index in [1.165, 1.54) is 9.12 Å². The normalized spacial score (nSPS) is 13.0. The van der Waals surface area contributed by atoms with E-state index in [1.807, 2.05) is 53.7 Å². The van der Waals surface area contributed by atoms with Crippen LogP contribution in [0.1, 0.15) is 60.7 Å². The van der Waals surface area contributed by atoms with Gasteiger partial charge < -0.3 is 5.11 Å². The number of carbonyl (C=O) groups is 2. The topological polar surface area (TPSA) is 71.4 Å². The predicted molar refractivity (Wildman–Crippen MR) is 99.7 cm³/mol. The van der Waals surface area contributed by atoms with Gasteiger partial charge in [-0.3, -0.25) is 9.59 Å². The molecule has 0 radical (unpaired) electrons. The summed E-state index contributed by atoms with van der Waals surface area (Å²) < 4.78 is 8.17. The van der Waals surface area contributed by atoms with Crippen LogP contribution in [0.3, 0.4) is 0 Å². The molecular weight excluding hydrogens is 323 g/mol. The van der Waals surface area contributed by atoms with Crippen molar-refractivity contribution in [3.8, 4) is 0 Å². The fourth-order valence-electron chi connectivity index (χ4n) is 3.45. The van der Waals surface area contributed by atoms with Crippen molar-refractivity contribution in [3.63, 3.8) is 0 Å². The van der Waals surface area contributed by atoms with Crippen LogP contribution in [0.15, 0.2) is 12.1 Å². The molecular formula is C19H30O4P+. The largest absolute Gasteiger partial charge is 0.481 e. The first kappa shape index (κ1) is 22.5. The van der Waals surface area contributed by atoms with Crippen LogP contribution in [0.4, 0.5) is 0 Å². The number of hydrogen-bond donors (Lipinski definition) is 1. The molecule has 0 aliphatic rings. The minimum Gasteiger partial charge on any atom is -0.481 e. The Morgan fingerprint density at radius 2 is 1.54 bits per heavy atom. The van der Waals surface area contributed by atoms with E-state index in [-0.39, 0.29) is 11.7 Å². The average Bonchev–Trinajstić information content (AvgIpc) is 2.47. The second kappa shape index (κ2) is 10.4. The predicted octanol–water partition coefficient (Wildman–Crippen LogP) is 4.77. The zero-order valence-corrected chi connectivity index (χ0v) is 16.7. The SMILES string of the molecule is CCCC(C(=O)O)C(C(=O)c1c(C)cc(C)cc1C)C(C)C.O=[PH2+]. The average molecular weight is 353 g/mol. The molecule has 3 unspecified atom stereocenters. The van der Waals surface area contributed by atoms with E-state index in [2.05, 4.69) is 0 Å². The number of Topliss-reactive ketones (excluding diaryl/α,β-unsaturated/α-hetero) is 1. The van der Waals surface area contributed by atoms with Crippen LogP contribution >= 0.6 is 9.12 Å². The van der Waals surface area contributed by atoms with Gasteiger partial charge in [0, 0.05) is 11.5 Å². The summed E-state index contributed by atoms with van der Waals surface area (Å²) in [5.41, 5.74) is 3.70. The van der Waals surface area contributed by atoms with Gasteiger partial charge in [-0.25, -0.2) is 0 Å². The molecule has 0 amide bonds. The molecule has 0 fully saturated rings. The van der Waals surface area contributed by atoms with Crippen LogP contribution in [0, 0.1) is 38.5 Å². The second-order valence-corrected chi connectivity index (χ2v) is 6.64. The summed E-state index contributed by atoms with van der Waals surface area (Å²) in [5.74, 6) is -1.97. The Morgan fingerprint density at radius 3 is 1.88 bits per heavy atom.